The molecule has 23 heavy (non-hydrogen) atoms. The Labute approximate surface area is 140 Å². The third kappa shape index (κ3) is 4.59. The fourth-order valence-corrected chi connectivity index (χ4v) is 2.71. The summed E-state index contributed by atoms with van der Waals surface area (Å²) in [5.74, 6) is -0.964. The number of carbonyl (C=O) groups is 2. The lowest BCUT2D eigenvalue weighted by Crippen LogP contribution is -2.61. The van der Waals surface area contributed by atoms with Crippen LogP contribution >= 0.6 is 11.6 Å². The van der Waals surface area contributed by atoms with Gasteiger partial charge in [-0.2, -0.15) is 0 Å². The number of rotatable bonds is 4. The van der Waals surface area contributed by atoms with Crippen molar-refractivity contribution in [1.82, 2.24) is 10.2 Å². The highest BCUT2D eigenvalue weighted by Crippen LogP contribution is 2.31. The fraction of sp³-hybridized carbons (Fsp3) is 0.500. The van der Waals surface area contributed by atoms with Crippen LogP contribution in [0.15, 0.2) is 24.3 Å². The van der Waals surface area contributed by atoms with Crippen molar-refractivity contribution >= 4 is 23.7 Å². The molecule has 2 rings (SSSR count). The summed E-state index contributed by atoms with van der Waals surface area (Å²) in [6.45, 7) is 6.23. The molecular weight excluding hydrogens is 320 g/mol. The van der Waals surface area contributed by atoms with Crippen molar-refractivity contribution in [3.63, 3.8) is 0 Å². The normalized spacial score (nSPS) is 17.2. The van der Waals surface area contributed by atoms with E-state index in [0.29, 0.717) is 23.7 Å². The first kappa shape index (κ1) is 17.6. The van der Waals surface area contributed by atoms with Gasteiger partial charge in [0, 0.05) is 18.1 Å². The number of alkyl carbamates (subject to hydrolysis) is 1. The predicted octanol–water partition coefficient (Wildman–Crippen LogP) is 2.67. The van der Waals surface area contributed by atoms with E-state index in [2.05, 4.69) is 5.32 Å². The van der Waals surface area contributed by atoms with Crippen LogP contribution in [0.3, 0.4) is 0 Å². The Kier molecular flexibility index (Phi) is 5.16. The number of carboxylic acids is 1. The van der Waals surface area contributed by atoms with E-state index in [-0.39, 0.29) is 6.04 Å². The van der Waals surface area contributed by atoms with Crippen LogP contribution in [0.5, 0.6) is 0 Å². The Morgan fingerprint density at radius 2 is 1.96 bits per heavy atom. The maximum absolute atomic E-state index is 11.7. The van der Waals surface area contributed by atoms with E-state index in [0.717, 1.165) is 0 Å². The van der Waals surface area contributed by atoms with Gasteiger partial charge in [0.05, 0.1) is 6.04 Å². The molecule has 1 atom stereocenters. The van der Waals surface area contributed by atoms with Crippen LogP contribution in [0.25, 0.3) is 0 Å². The van der Waals surface area contributed by atoms with Crippen molar-refractivity contribution < 1.29 is 19.4 Å². The molecule has 1 aliphatic heterocycles. The zero-order chi connectivity index (χ0) is 17.2. The summed E-state index contributed by atoms with van der Waals surface area (Å²) in [6, 6.07) is 5.94. The van der Waals surface area contributed by atoms with Crippen molar-refractivity contribution in [2.75, 3.05) is 13.1 Å². The molecule has 0 aliphatic carbocycles. The molecule has 0 unspecified atom stereocenters. The second-order valence-electron chi connectivity index (χ2n) is 6.56. The number of likely N-dealkylation sites (tertiary alicyclic amines) is 1. The van der Waals surface area contributed by atoms with Crippen molar-refractivity contribution in [2.45, 2.75) is 38.5 Å². The molecule has 0 spiro atoms. The highest BCUT2D eigenvalue weighted by atomic mass is 35.5. The molecule has 126 valence electrons. The summed E-state index contributed by atoms with van der Waals surface area (Å²) in [7, 11) is 0. The zero-order valence-electron chi connectivity index (χ0n) is 13.4. The van der Waals surface area contributed by atoms with Crippen LogP contribution < -0.4 is 5.32 Å². The maximum atomic E-state index is 11.7. The number of carboxylic acid groups (broad SMARTS) is 1. The van der Waals surface area contributed by atoms with E-state index in [4.69, 9.17) is 16.3 Å². The number of carbonyl (C=O) groups excluding carboxylic acids is 1. The number of hydrogen-bond acceptors (Lipinski definition) is 4. The van der Waals surface area contributed by atoms with Gasteiger partial charge in [-0.15, -0.1) is 0 Å². The second kappa shape index (κ2) is 6.76. The Bertz CT molecular complexity index is 594. The van der Waals surface area contributed by atoms with Gasteiger partial charge in [0.15, 0.2) is 0 Å². The number of halogens is 1. The van der Waals surface area contributed by atoms with E-state index in [1.807, 2.05) is 0 Å². The second-order valence-corrected chi connectivity index (χ2v) is 6.97. The van der Waals surface area contributed by atoms with Gasteiger partial charge in [-0.3, -0.25) is 9.69 Å². The fourth-order valence-electron chi connectivity index (χ4n) is 2.47. The molecule has 1 saturated heterocycles. The molecule has 0 aromatic heterocycles. The number of nitrogens with zero attached hydrogens (tertiary/aromatic N) is 1. The van der Waals surface area contributed by atoms with E-state index in [1.165, 1.54) is 0 Å². The summed E-state index contributed by atoms with van der Waals surface area (Å²) in [5.41, 5.74) is -0.00770. The Hall–Kier alpha value is -1.79. The standard InChI is InChI=1S/C16H21ClN2O4/c1-16(2,3)23-15(22)18-10-8-19(9-10)13(14(20)21)11-6-4-5-7-12(11)17/h4-7,10,13H,8-9H2,1-3H3,(H,18,22)(H,20,21)/t13-/m1/s1. The van der Waals surface area contributed by atoms with E-state index < -0.39 is 23.7 Å². The average molecular weight is 341 g/mol. The van der Waals surface area contributed by atoms with Crippen LogP contribution in [0.1, 0.15) is 32.4 Å². The highest BCUT2D eigenvalue weighted by Gasteiger charge is 2.39. The first-order chi connectivity index (χ1) is 10.7. The van der Waals surface area contributed by atoms with Crippen LogP contribution in [0.2, 0.25) is 5.02 Å². The molecule has 0 saturated carbocycles. The number of nitrogens with one attached hydrogen (secondary N) is 1. The van der Waals surface area contributed by atoms with E-state index in [1.54, 1.807) is 49.9 Å². The average Bonchev–Trinajstić information content (AvgIpc) is 2.35. The molecule has 1 aromatic rings. The minimum Gasteiger partial charge on any atom is -0.480 e. The Morgan fingerprint density at radius 3 is 2.48 bits per heavy atom. The molecule has 1 aliphatic rings. The topological polar surface area (TPSA) is 78.9 Å². The van der Waals surface area contributed by atoms with Gasteiger partial charge in [-0.25, -0.2) is 4.79 Å². The van der Waals surface area contributed by atoms with Gasteiger partial charge in [0.2, 0.25) is 0 Å². The first-order valence-electron chi connectivity index (χ1n) is 7.38. The van der Waals surface area contributed by atoms with Gasteiger partial charge < -0.3 is 15.2 Å². The van der Waals surface area contributed by atoms with Crippen molar-refractivity contribution in [1.29, 1.82) is 0 Å². The third-order valence-corrected chi connectivity index (χ3v) is 3.77. The lowest BCUT2D eigenvalue weighted by atomic mass is 9.99. The molecule has 0 bridgehead atoms. The SMILES string of the molecule is CC(C)(C)OC(=O)NC1CN([C@@H](C(=O)O)c2ccccc2Cl)C1. The summed E-state index contributed by atoms with van der Waals surface area (Å²) in [5, 5.41) is 12.6. The minimum atomic E-state index is -0.964. The first-order valence-corrected chi connectivity index (χ1v) is 7.76. The number of benzene rings is 1. The number of aliphatic carboxylic acids is 1. The molecule has 1 aromatic carbocycles. The highest BCUT2D eigenvalue weighted by molar-refractivity contribution is 6.31. The molecule has 1 amide bonds. The number of ether oxygens (including phenoxy) is 1. The molecule has 7 heteroatoms. The molecule has 2 N–H and O–H groups in total. The minimum absolute atomic E-state index is 0.130. The van der Waals surface area contributed by atoms with Gasteiger partial charge in [0.1, 0.15) is 11.6 Å². The summed E-state index contributed by atoms with van der Waals surface area (Å²) in [6.07, 6.45) is -0.494. The molecule has 6 nitrogen and oxygen atoms in total. The van der Waals surface area contributed by atoms with E-state index >= 15 is 0 Å². The van der Waals surface area contributed by atoms with Gasteiger partial charge >= 0.3 is 12.1 Å². The molecule has 1 fully saturated rings. The number of amides is 1. The third-order valence-electron chi connectivity index (χ3n) is 3.43. The van der Waals surface area contributed by atoms with Crippen LogP contribution in [-0.4, -0.2) is 46.8 Å². The molecular formula is C16H21ClN2O4. The van der Waals surface area contributed by atoms with Gasteiger partial charge in [-0.1, -0.05) is 29.8 Å². The largest absolute Gasteiger partial charge is 0.480 e. The summed E-state index contributed by atoms with van der Waals surface area (Å²) in [4.78, 5) is 25.1. The quantitative estimate of drug-likeness (QED) is 0.881. The summed E-state index contributed by atoms with van der Waals surface area (Å²) >= 11 is 6.10. The van der Waals surface area contributed by atoms with Crippen LogP contribution in [-0.2, 0) is 9.53 Å². The summed E-state index contributed by atoms with van der Waals surface area (Å²) < 4.78 is 5.19. The van der Waals surface area contributed by atoms with Gasteiger partial charge in [-0.05, 0) is 32.4 Å². The monoisotopic (exact) mass is 340 g/mol. The van der Waals surface area contributed by atoms with Crippen LogP contribution in [0.4, 0.5) is 4.79 Å². The lowest BCUT2D eigenvalue weighted by molar-refractivity contribution is -0.145. The molecule has 0 radical (unpaired) electrons. The number of hydrogen-bond donors (Lipinski definition) is 2. The Morgan fingerprint density at radius 1 is 1.35 bits per heavy atom. The molecule has 1 heterocycles. The smallest absolute Gasteiger partial charge is 0.407 e. The van der Waals surface area contributed by atoms with Crippen molar-refractivity contribution in [2.24, 2.45) is 0 Å². The lowest BCUT2D eigenvalue weighted by Gasteiger charge is -2.43. The van der Waals surface area contributed by atoms with E-state index in [9.17, 15) is 14.7 Å². The van der Waals surface area contributed by atoms with Crippen molar-refractivity contribution in [3.05, 3.63) is 34.9 Å². The zero-order valence-corrected chi connectivity index (χ0v) is 14.1. The van der Waals surface area contributed by atoms with Crippen LogP contribution in [0, 0.1) is 0 Å². The van der Waals surface area contributed by atoms with Crippen molar-refractivity contribution in [3.8, 4) is 0 Å². The predicted molar refractivity (Wildman–Crippen MR) is 86.6 cm³/mol. The Balaban J connectivity index is 1.95. The maximum Gasteiger partial charge on any atom is 0.407 e. The van der Waals surface area contributed by atoms with Gasteiger partial charge in [0.25, 0.3) is 0 Å².